The number of halogens is 2. The van der Waals surface area contributed by atoms with Gasteiger partial charge < -0.3 is 29.8 Å². The Kier molecular flexibility index (Phi) is 6.39. The summed E-state index contributed by atoms with van der Waals surface area (Å²) in [5.74, 6) is -0.190. The van der Waals surface area contributed by atoms with Crippen LogP contribution in [0.3, 0.4) is 0 Å². The molecule has 35 heavy (non-hydrogen) atoms. The lowest BCUT2D eigenvalue weighted by molar-refractivity contribution is -0.0394. The molecule has 2 unspecified atom stereocenters. The van der Waals surface area contributed by atoms with Gasteiger partial charge in [-0.3, -0.25) is 4.79 Å². The molecule has 2 aliphatic heterocycles. The minimum absolute atomic E-state index is 0.187. The number of hydrogen-bond donors (Lipinski definition) is 2. The fourth-order valence-corrected chi connectivity index (χ4v) is 5.30. The molecule has 0 saturated carbocycles. The number of primary amides is 1. The van der Waals surface area contributed by atoms with E-state index >= 15 is 0 Å². The van der Waals surface area contributed by atoms with Crippen LogP contribution >= 0.6 is 23.2 Å². The molecule has 4 heterocycles. The van der Waals surface area contributed by atoms with Gasteiger partial charge in [-0.05, 0) is 30.9 Å². The van der Waals surface area contributed by atoms with Gasteiger partial charge in [0.25, 0.3) is 5.91 Å². The van der Waals surface area contributed by atoms with E-state index in [2.05, 4.69) is 5.10 Å². The molecule has 0 spiro atoms. The number of likely N-dealkylation sites (N-methyl/N-ethyl adjacent to an activating group) is 1. The predicted octanol–water partition coefficient (Wildman–Crippen LogP) is 3.73. The first kappa shape index (κ1) is 23.9. The first-order chi connectivity index (χ1) is 16.8. The minimum Gasteiger partial charge on any atom is -0.447 e. The van der Waals surface area contributed by atoms with Crippen molar-refractivity contribution >= 4 is 46.1 Å². The van der Waals surface area contributed by atoms with Crippen LogP contribution in [0.4, 0.5) is 4.79 Å². The van der Waals surface area contributed by atoms with E-state index in [9.17, 15) is 14.7 Å². The van der Waals surface area contributed by atoms with Crippen molar-refractivity contribution in [1.29, 1.82) is 0 Å². The summed E-state index contributed by atoms with van der Waals surface area (Å²) >= 11 is 13.1. The molecule has 2 aliphatic rings. The summed E-state index contributed by atoms with van der Waals surface area (Å²) in [5, 5.41) is 16.5. The van der Waals surface area contributed by atoms with Gasteiger partial charge in [0, 0.05) is 49.5 Å². The molecule has 1 aromatic carbocycles. The maximum absolute atomic E-state index is 13.4. The molecule has 0 bridgehead atoms. The number of fused-ring (bicyclic) bond motifs is 3. The maximum Gasteiger partial charge on any atom is 0.404 e. The van der Waals surface area contributed by atoms with E-state index in [4.69, 9.17) is 38.4 Å². The number of aliphatic hydroxyl groups is 1. The number of carbonyl (C=O) groups excluding carboxylic acids is 2. The molecule has 12 heteroatoms. The molecule has 10 nitrogen and oxygen atoms in total. The zero-order chi connectivity index (χ0) is 24.9. The van der Waals surface area contributed by atoms with Crippen molar-refractivity contribution in [1.82, 2.24) is 19.2 Å². The van der Waals surface area contributed by atoms with Gasteiger partial charge in [-0.15, -0.1) is 0 Å². The number of nitrogens with zero attached hydrogens (tertiary/aromatic N) is 4. The van der Waals surface area contributed by atoms with E-state index in [0.29, 0.717) is 53.0 Å². The lowest BCUT2D eigenvalue weighted by Crippen LogP contribution is -2.37. The van der Waals surface area contributed by atoms with Crippen molar-refractivity contribution in [2.75, 3.05) is 26.8 Å². The molecule has 1 saturated heterocycles. The van der Waals surface area contributed by atoms with E-state index in [1.165, 1.54) is 6.07 Å². The van der Waals surface area contributed by atoms with Crippen molar-refractivity contribution in [2.24, 2.45) is 5.73 Å². The molecule has 186 valence electrons. The maximum atomic E-state index is 13.4. The van der Waals surface area contributed by atoms with Gasteiger partial charge in [0.1, 0.15) is 24.6 Å². The number of hydrogen-bond acceptors (Lipinski definition) is 6. The number of aromatic nitrogens is 3. The van der Waals surface area contributed by atoms with Gasteiger partial charge >= 0.3 is 6.09 Å². The van der Waals surface area contributed by atoms with Crippen molar-refractivity contribution in [2.45, 2.75) is 38.1 Å². The SMILES string of the molecule is CN1CCn2c(c(-c3cnn(C4CCCCO4)c3)c3c(C(O)COC(N)=O)cc(Cl)c(Cl)c32)C1=O. The molecule has 2 aromatic heterocycles. The third-order valence-corrected chi connectivity index (χ3v) is 7.32. The van der Waals surface area contributed by atoms with Crippen LogP contribution in [0.25, 0.3) is 22.0 Å². The standard InChI is InChI=1S/C23H25Cl2N5O5/c1-28-5-6-29-20-18(13(8-14(24)19(20)25)15(31)11-35-23(26)33)17(21(29)22(28)32)12-9-27-30(10-12)16-4-2-3-7-34-16/h8-10,15-16,31H,2-7,11H2,1H3,(H2,26,33). The highest BCUT2D eigenvalue weighted by Crippen LogP contribution is 2.46. The van der Waals surface area contributed by atoms with Crippen molar-refractivity contribution in [3.63, 3.8) is 0 Å². The van der Waals surface area contributed by atoms with E-state index in [0.717, 1.165) is 19.3 Å². The largest absolute Gasteiger partial charge is 0.447 e. The second kappa shape index (κ2) is 9.34. The number of carbonyl (C=O) groups is 2. The number of aliphatic hydroxyl groups excluding tert-OH is 1. The zero-order valence-electron chi connectivity index (χ0n) is 19.0. The van der Waals surface area contributed by atoms with Gasteiger partial charge in [-0.2, -0.15) is 5.10 Å². The number of ether oxygens (including phenoxy) is 2. The Morgan fingerprint density at radius 2 is 2.17 bits per heavy atom. The molecule has 3 aromatic rings. The fraction of sp³-hybridized carbons (Fsp3) is 0.435. The summed E-state index contributed by atoms with van der Waals surface area (Å²) < 4.78 is 14.3. The molecule has 2 atom stereocenters. The van der Waals surface area contributed by atoms with Crippen LogP contribution in [-0.2, 0) is 16.0 Å². The smallest absolute Gasteiger partial charge is 0.404 e. The average molecular weight is 522 g/mol. The first-order valence-corrected chi connectivity index (χ1v) is 12.1. The summed E-state index contributed by atoms with van der Waals surface area (Å²) in [4.78, 5) is 26.2. The van der Waals surface area contributed by atoms with Gasteiger partial charge in [0.2, 0.25) is 0 Å². The Morgan fingerprint density at radius 3 is 2.89 bits per heavy atom. The summed E-state index contributed by atoms with van der Waals surface area (Å²) in [5.41, 5.74) is 7.66. The van der Waals surface area contributed by atoms with E-state index in [1.807, 2.05) is 10.8 Å². The molecule has 1 fully saturated rings. The van der Waals surface area contributed by atoms with Gasteiger partial charge in [0.05, 0.1) is 21.8 Å². The van der Waals surface area contributed by atoms with Crippen molar-refractivity contribution in [3.05, 3.63) is 39.8 Å². The Bertz CT molecular complexity index is 1310. The summed E-state index contributed by atoms with van der Waals surface area (Å²) in [6.07, 6.45) is 3.95. The second-order valence-electron chi connectivity index (χ2n) is 8.76. The van der Waals surface area contributed by atoms with Crippen molar-refractivity contribution in [3.8, 4) is 11.1 Å². The zero-order valence-corrected chi connectivity index (χ0v) is 20.6. The second-order valence-corrected chi connectivity index (χ2v) is 9.55. The van der Waals surface area contributed by atoms with Crippen LogP contribution in [0.2, 0.25) is 10.0 Å². The Morgan fingerprint density at radius 1 is 1.37 bits per heavy atom. The van der Waals surface area contributed by atoms with Crippen LogP contribution < -0.4 is 5.73 Å². The van der Waals surface area contributed by atoms with Crippen LogP contribution in [0.5, 0.6) is 0 Å². The van der Waals surface area contributed by atoms with E-state index in [-0.39, 0.29) is 28.8 Å². The van der Waals surface area contributed by atoms with Gasteiger partial charge in [0.15, 0.2) is 0 Å². The third-order valence-electron chi connectivity index (χ3n) is 6.54. The fourth-order valence-electron chi connectivity index (χ4n) is 4.84. The topological polar surface area (TPSA) is 125 Å². The lowest BCUT2D eigenvalue weighted by Gasteiger charge is -2.26. The molecule has 0 aliphatic carbocycles. The number of benzene rings is 1. The van der Waals surface area contributed by atoms with Crippen LogP contribution in [-0.4, -0.2) is 63.2 Å². The molecule has 0 radical (unpaired) electrons. The van der Waals surface area contributed by atoms with Crippen LogP contribution in [0, 0.1) is 0 Å². The quantitative estimate of drug-likeness (QED) is 0.526. The molecular formula is C23H25Cl2N5O5. The molecular weight excluding hydrogens is 497 g/mol. The average Bonchev–Trinajstić information content (AvgIpc) is 3.46. The van der Waals surface area contributed by atoms with Gasteiger partial charge in [-0.1, -0.05) is 23.2 Å². The minimum atomic E-state index is -1.26. The van der Waals surface area contributed by atoms with Crippen LogP contribution in [0.1, 0.15) is 47.6 Å². The summed E-state index contributed by atoms with van der Waals surface area (Å²) in [6, 6.07) is 1.53. The highest BCUT2D eigenvalue weighted by atomic mass is 35.5. The number of amides is 2. The first-order valence-electron chi connectivity index (χ1n) is 11.3. The highest BCUT2D eigenvalue weighted by molar-refractivity contribution is 6.45. The summed E-state index contributed by atoms with van der Waals surface area (Å²) in [7, 11) is 1.73. The van der Waals surface area contributed by atoms with Crippen molar-refractivity contribution < 1.29 is 24.2 Å². The third kappa shape index (κ3) is 4.14. The predicted molar refractivity (Wildman–Crippen MR) is 129 cm³/mol. The Labute approximate surface area is 211 Å². The monoisotopic (exact) mass is 521 g/mol. The molecule has 3 N–H and O–H groups in total. The van der Waals surface area contributed by atoms with Crippen LogP contribution in [0.15, 0.2) is 18.5 Å². The lowest BCUT2D eigenvalue weighted by atomic mass is 9.97. The van der Waals surface area contributed by atoms with Gasteiger partial charge in [-0.25, -0.2) is 9.48 Å². The summed E-state index contributed by atoms with van der Waals surface area (Å²) in [6.45, 7) is 1.25. The van der Waals surface area contributed by atoms with E-state index in [1.54, 1.807) is 22.8 Å². The number of nitrogens with two attached hydrogens (primary N) is 1. The highest BCUT2D eigenvalue weighted by Gasteiger charge is 2.34. The molecule has 2 amide bonds. The Balaban J connectivity index is 1.76. The molecule has 5 rings (SSSR count). The van der Waals surface area contributed by atoms with E-state index < -0.39 is 12.2 Å². The normalized spacial score (nSPS) is 19.1. The Hall–Kier alpha value is -2.79. The number of rotatable bonds is 5.